The number of nitriles is 1. The van der Waals surface area contributed by atoms with Crippen LogP contribution in [-0.4, -0.2) is 24.5 Å². The van der Waals surface area contributed by atoms with Gasteiger partial charge in [-0.3, -0.25) is 4.79 Å². The molecule has 0 saturated carbocycles. The third kappa shape index (κ3) is 3.88. The summed E-state index contributed by atoms with van der Waals surface area (Å²) in [6, 6.07) is 1.92. The van der Waals surface area contributed by atoms with E-state index in [9.17, 15) is 4.79 Å². The topological polar surface area (TPSA) is 64.9 Å². The van der Waals surface area contributed by atoms with Crippen LogP contribution >= 0.6 is 0 Å². The van der Waals surface area contributed by atoms with E-state index in [1.54, 1.807) is 0 Å². The van der Waals surface area contributed by atoms with Gasteiger partial charge >= 0.3 is 0 Å². The first kappa shape index (κ1) is 12.0. The van der Waals surface area contributed by atoms with E-state index in [4.69, 9.17) is 5.26 Å². The van der Waals surface area contributed by atoms with Crippen LogP contribution in [0.3, 0.4) is 0 Å². The zero-order chi connectivity index (χ0) is 11.3. The molecule has 1 heterocycles. The molecule has 1 fully saturated rings. The van der Waals surface area contributed by atoms with Crippen molar-refractivity contribution in [2.45, 2.75) is 45.2 Å². The molecule has 0 bridgehead atoms. The Labute approximate surface area is 91.0 Å². The molecule has 2 N–H and O–H groups in total. The van der Waals surface area contributed by atoms with Crippen molar-refractivity contribution in [2.75, 3.05) is 6.54 Å². The average Bonchev–Trinajstić information content (AvgIpc) is 2.18. The van der Waals surface area contributed by atoms with E-state index in [1.165, 1.54) is 0 Å². The van der Waals surface area contributed by atoms with E-state index >= 15 is 0 Å². The average molecular weight is 209 g/mol. The second kappa shape index (κ2) is 5.72. The van der Waals surface area contributed by atoms with Gasteiger partial charge in [0, 0.05) is 6.04 Å². The van der Waals surface area contributed by atoms with Crippen LogP contribution in [0.2, 0.25) is 0 Å². The zero-order valence-corrected chi connectivity index (χ0v) is 9.42. The van der Waals surface area contributed by atoms with Crippen LogP contribution < -0.4 is 10.6 Å². The monoisotopic (exact) mass is 209 g/mol. The Kier molecular flexibility index (Phi) is 4.57. The number of hydrogen-bond donors (Lipinski definition) is 2. The number of nitrogens with zero attached hydrogens (tertiary/aromatic N) is 1. The summed E-state index contributed by atoms with van der Waals surface area (Å²) in [6.45, 7) is 4.93. The van der Waals surface area contributed by atoms with E-state index in [-0.39, 0.29) is 18.0 Å². The van der Waals surface area contributed by atoms with E-state index < -0.39 is 0 Å². The van der Waals surface area contributed by atoms with Gasteiger partial charge in [-0.15, -0.1) is 0 Å². The molecule has 4 heteroatoms. The van der Waals surface area contributed by atoms with Crippen LogP contribution in [0.1, 0.15) is 33.1 Å². The fraction of sp³-hybridized carbons (Fsp3) is 0.818. The highest BCUT2D eigenvalue weighted by atomic mass is 16.2. The first-order chi connectivity index (χ1) is 7.13. The quantitative estimate of drug-likeness (QED) is 0.722. The molecule has 0 aromatic rings. The van der Waals surface area contributed by atoms with Gasteiger partial charge < -0.3 is 10.6 Å². The minimum Gasteiger partial charge on any atom is -0.351 e. The van der Waals surface area contributed by atoms with Crippen molar-refractivity contribution < 1.29 is 4.79 Å². The van der Waals surface area contributed by atoms with Crippen molar-refractivity contribution in [2.24, 2.45) is 5.92 Å². The van der Waals surface area contributed by atoms with E-state index in [2.05, 4.69) is 17.6 Å². The van der Waals surface area contributed by atoms with Crippen molar-refractivity contribution in [3.8, 4) is 6.07 Å². The molecule has 0 aliphatic carbocycles. The molecule has 15 heavy (non-hydrogen) atoms. The summed E-state index contributed by atoms with van der Waals surface area (Å²) in [4.78, 5) is 11.7. The Balaban J connectivity index is 2.36. The lowest BCUT2D eigenvalue weighted by atomic mass is 9.94. The van der Waals surface area contributed by atoms with Gasteiger partial charge in [0.25, 0.3) is 0 Å². The summed E-state index contributed by atoms with van der Waals surface area (Å²) < 4.78 is 0. The molecule has 3 unspecified atom stereocenters. The number of hydrogen-bond acceptors (Lipinski definition) is 3. The normalized spacial score (nSPS) is 27.8. The number of carbonyl (C=O) groups is 1. The molecule has 1 saturated heterocycles. The molecule has 3 atom stereocenters. The molecule has 0 aromatic heterocycles. The third-order valence-corrected chi connectivity index (χ3v) is 2.77. The highest BCUT2D eigenvalue weighted by Crippen LogP contribution is 2.15. The van der Waals surface area contributed by atoms with E-state index in [1.807, 2.05) is 13.0 Å². The van der Waals surface area contributed by atoms with Crippen molar-refractivity contribution in [3.05, 3.63) is 0 Å². The number of amides is 1. The summed E-state index contributed by atoms with van der Waals surface area (Å²) in [7, 11) is 0. The van der Waals surface area contributed by atoms with Gasteiger partial charge in [-0.05, 0) is 32.2 Å². The molecular formula is C11H19N3O. The molecule has 1 rings (SSSR count). The zero-order valence-electron chi connectivity index (χ0n) is 9.42. The SMILES string of the molecule is CC1CCNC(C(=O)NC(C)CC#N)C1. The number of piperidine rings is 1. The van der Waals surface area contributed by atoms with Crippen LogP contribution in [0.15, 0.2) is 0 Å². The van der Waals surface area contributed by atoms with Crippen molar-refractivity contribution in [3.63, 3.8) is 0 Å². The Bertz CT molecular complexity index is 259. The minimum atomic E-state index is -0.0742. The molecule has 84 valence electrons. The molecule has 1 aliphatic rings. The maximum absolute atomic E-state index is 11.7. The smallest absolute Gasteiger partial charge is 0.237 e. The number of rotatable bonds is 3. The molecule has 0 radical (unpaired) electrons. The third-order valence-electron chi connectivity index (χ3n) is 2.77. The summed E-state index contributed by atoms with van der Waals surface area (Å²) in [5.41, 5.74) is 0. The van der Waals surface area contributed by atoms with Gasteiger partial charge in [-0.2, -0.15) is 5.26 Å². The van der Waals surface area contributed by atoms with Crippen molar-refractivity contribution in [1.82, 2.24) is 10.6 Å². The molecular weight excluding hydrogens is 190 g/mol. The predicted octanol–water partition coefficient (Wildman–Crippen LogP) is 0.793. The molecule has 4 nitrogen and oxygen atoms in total. The first-order valence-electron chi connectivity index (χ1n) is 5.54. The first-order valence-corrected chi connectivity index (χ1v) is 5.54. The van der Waals surface area contributed by atoms with E-state index in [0.717, 1.165) is 19.4 Å². The number of carbonyl (C=O) groups excluding carboxylic acids is 1. The Morgan fingerprint density at radius 2 is 2.47 bits per heavy atom. The van der Waals surface area contributed by atoms with Gasteiger partial charge in [0.2, 0.25) is 5.91 Å². The largest absolute Gasteiger partial charge is 0.351 e. The molecule has 1 aliphatic heterocycles. The molecule has 1 amide bonds. The van der Waals surface area contributed by atoms with Gasteiger partial charge in [-0.25, -0.2) is 0 Å². The number of nitrogens with one attached hydrogen (secondary N) is 2. The van der Waals surface area contributed by atoms with Crippen LogP contribution in [-0.2, 0) is 4.79 Å². The van der Waals surface area contributed by atoms with Gasteiger partial charge in [-0.1, -0.05) is 6.92 Å². The Hall–Kier alpha value is -1.08. The maximum Gasteiger partial charge on any atom is 0.237 e. The van der Waals surface area contributed by atoms with Crippen LogP contribution in [0.25, 0.3) is 0 Å². The Morgan fingerprint density at radius 3 is 3.07 bits per heavy atom. The fourth-order valence-electron chi connectivity index (χ4n) is 1.84. The van der Waals surface area contributed by atoms with Crippen LogP contribution in [0.4, 0.5) is 0 Å². The second-order valence-corrected chi connectivity index (χ2v) is 4.41. The predicted molar refractivity (Wildman–Crippen MR) is 58.0 cm³/mol. The van der Waals surface area contributed by atoms with Gasteiger partial charge in [0.05, 0.1) is 18.5 Å². The second-order valence-electron chi connectivity index (χ2n) is 4.41. The lowest BCUT2D eigenvalue weighted by Gasteiger charge is -2.28. The van der Waals surface area contributed by atoms with Crippen molar-refractivity contribution in [1.29, 1.82) is 5.26 Å². The van der Waals surface area contributed by atoms with Crippen LogP contribution in [0.5, 0.6) is 0 Å². The summed E-state index contributed by atoms with van der Waals surface area (Å²) >= 11 is 0. The fourth-order valence-corrected chi connectivity index (χ4v) is 1.84. The van der Waals surface area contributed by atoms with Crippen molar-refractivity contribution >= 4 is 5.91 Å². The minimum absolute atomic E-state index is 0.0318. The summed E-state index contributed by atoms with van der Waals surface area (Å²) in [5.74, 6) is 0.637. The lowest BCUT2D eigenvalue weighted by molar-refractivity contribution is -0.124. The lowest BCUT2D eigenvalue weighted by Crippen LogP contribution is -2.50. The highest BCUT2D eigenvalue weighted by molar-refractivity contribution is 5.82. The maximum atomic E-state index is 11.7. The van der Waals surface area contributed by atoms with Gasteiger partial charge in [0.1, 0.15) is 0 Å². The van der Waals surface area contributed by atoms with E-state index in [0.29, 0.717) is 12.3 Å². The Morgan fingerprint density at radius 1 is 1.73 bits per heavy atom. The van der Waals surface area contributed by atoms with Gasteiger partial charge in [0.15, 0.2) is 0 Å². The van der Waals surface area contributed by atoms with Crippen LogP contribution in [0, 0.1) is 17.2 Å². The standard InChI is InChI=1S/C11H19N3O/c1-8-4-6-13-10(7-8)11(15)14-9(2)3-5-12/h8-10,13H,3-4,6-7H2,1-2H3,(H,14,15). The summed E-state index contributed by atoms with van der Waals surface area (Å²) in [6.07, 6.45) is 2.40. The molecule has 0 spiro atoms. The highest BCUT2D eigenvalue weighted by Gasteiger charge is 2.24. The summed E-state index contributed by atoms with van der Waals surface area (Å²) in [5, 5.41) is 14.5. The molecule has 0 aromatic carbocycles.